The lowest BCUT2D eigenvalue weighted by Gasteiger charge is -2.25. The lowest BCUT2D eigenvalue weighted by Crippen LogP contribution is -2.53. The predicted molar refractivity (Wildman–Crippen MR) is 104 cm³/mol. The number of amides is 4. The first-order chi connectivity index (χ1) is 11.9. The number of hydrogen-bond donors (Lipinski definition) is 3. The predicted octanol–water partition coefficient (Wildman–Crippen LogP) is 2.88. The van der Waals surface area contributed by atoms with Crippen molar-refractivity contribution >= 4 is 46.7 Å². The lowest BCUT2D eigenvalue weighted by atomic mass is 10.1. The van der Waals surface area contributed by atoms with E-state index in [0.29, 0.717) is 15.7 Å². The Kier molecular flexibility index (Phi) is 7.87. The third-order valence-corrected chi connectivity index (χ3v) is 4.10. The molecule has 1 aromatic carbocycles. The molecule has 144 valence electrons. The van der Waals surface area contributed by atoms with E-state index in [-0.39, 0.29) is 12.5 Å². The van der Waals surface area contributed by atoms with Crippen molar-refractivity contribution in [2.24, 2.45) is 0 Å². The molecule has 4 amide bonds. The fourth-order valence-electron chi connectivity index (χ4n) is 1.93. The summed E-state index contributed by atoms with van der Waals surface area (Å²) in [4.78, 5) is 37.5. The standard InChI is InChI=1S/C17H24Cl2N4O3/c1-10(15(25)21-16(26)22-17(2,3)4)23(5)9-14(24)20-11-6-7-12(18)13(19)8-11/h6-8,10H,9H2,1-5H3,(H,20,24)(H2,21,22,25,26). The summed E-state index contributed by atoms with van der Waals surface area (Å²) in [5, 5.41) is 8.28. The molecule has 0 spiro atoms. The van der Waals surface area contributed by atoms with Crippen LogP contribution in [0, 0.1) is 0 Å². The van der Waals surface area contributed by atoms with Gasteiger partial charge in [-0.1, -0.05) is 23.2 Å². The number of rotatable bonds is 5. The van der Waals surface area contributed by atoms with Gasteiger partial charge in [0.15, 0.2) is 0 Å². The number of imide groups is 1. The van der Waals surface area contributed by atoms with Crippen molar-refractivity contribution in [2.75, 3.05) is 18.9 Å². The van der Waals surface area contributed by atoms with Crippen LogP contribution in [0.3, 0.4) is 0 Å². The van der Waals surface area contributed by atoms with Crippen molar-refractivity contribution in [2.45, 2.75) is 39.3 Å². The maximum absolute atomic E-state index is 12.1. The van der Waals surface area contributed by atoms with E-state index in [2.05, 4.69) is 16.0 Å². The van der Waals surface area contributed by atoms with Crippen LogP contribution in [0.2, 0.25) is 10.0 Å². The molecule has 0 saturated carbocycles. The molecule has 1 unspecified atom stereocenters. The van der Waals surface area contributed by atoms with Gasteiger partial charge in [0.1, 0.15) is 0 Å². The number of hydrogen-bond acceptors (Lipinski definition) is 4. The summed E-state index contributed by atoms with van der Waals surface area (Å²) in [7, 11) is 1.61. The van der Waals surface area contributed by atoms with Gasteiger partial charge in [-0.2, -0.15) is 0 Å². The Labute approximate surface area is 163 Å². The Morgan fingerprint density at radius 2 is 1.77 bits per heavy atom. The van der Waals surface area contributed by atoms with E-state index in [0.717, 1.165) is 0 Å². The monoisotopic (exact) mass is 402 g/mol. The van der Waals surface area contributed by atoms with Crippen molar-refractivity contribution in [3.05, 3.63) is 28.2 Å². The summed E-state index contributed by atoms with van der Waals surface area (Å²) in [6.07, 6.45) is 0. The van der Waals surface area contributed by atoms with Gasteiger partial charge in [0.25, 0.3) is 0 Å². The first-order valence-electron chi connectivity index (χ1n) is 7.97. The number of anilines is 1. The number of carbonyl (C=O) groups is 3. The highest BCUT2D eigenvalue weighted by Gasteiger charge is 2.23. The van der Waals surface area contributed by atoms with Crippen LogP contribution < -0.4 is 16.0 Å². The molecule has 1 aromatic rings. The fraction of sp³-hybridized carbons (Fsp3) is 0.471. The van der Waals surface area contributed by atoms with Crippen molar-refractivity contribution in [3.63, 3.8) is 0 Å². The minimum atomic E-state index is -0.680. The fourth-order valence-corrected chi connectivity index (χ4v) is 2.22. The van der Waals surface area contributed by atoms with E-state index >= 15 is 0 Å². The van der Waals surface area contributed by atoms with Gasteiger partial charge in [-0.15, -0.1) is 0 Å². The normalized spacial score (nSPS) is 12.5. The second-order valence-electron chi connectivity index (χ2n) is 6.96. The summed E-state index contributed by atoms with van der Waals surface area (Å²) in [5.74, 6) is -0.832. The zero-order valence-corrected chi connectivity index (χ0v) is 17.0. The van der Waals surface area contributed by atoms with E-state index in [4.69, 9.17) is 23.2 Å². The Hall–Kier alpha value is -1.83. The zero-order chi connectivity index (χ0) is 20.1. The summed E-state index contributed by atoms with van der Waals surface area (Å²) >= 11 is 11.7. The van der Waals surface area contributed by atoms with Gasteiger partial charge in [0, 0.05) is 11.2 Å². The quantitative estimate of drug-likeness (QED) is 0.705. The van der Waals surface area contributed by atoms with E-state index in [1.807, 2.05) is 0 Å². The summed E-state index contributed by atoms with van der Waals surface area (Å²) in [6, 6.07) is 3.48. The van der Waals surface area contributed by atoms with Crippen LogP contribution in [0.15, 0.2) is 18.2 Å². The van der Waals surface area contributed by atoms with Gasteiger partial charge < -0.3 is 10.6 Å². The molecule has 0 heterocycles. The molecule has 0 radical (unpaired) electrons. The first-order valence-corrected chi connectivity index (χ1v) is 8.73. The second-order valence-corrected chi connectivity index (χ2v) is 7.78. The molecule has 0 aliphatic rings. The summed E-state index contributed by atoms with van der Waals surface area (Å²) < 4.78 is 0. The molecule has 7 nitrogen and oxygen atoms in total. The van der Waals surface area contributed by atoms with E-state index < -0.39 is 23.5 Å². The number of carbonyl (C=O) groups excluding carboxylic acids is 3. The molecule has 0 bridgehead atoms. The number of urea groups is 1. The van der Waals surface area contributed by atoms with Gasteiger partial charge in [0.05, 0.1) is 22.6 Å². The van der Waals surface area contributed by atoms with E-state index in [1.54, 1.807) is 46.9 Å². The summed E-state index contributed by atoms with van der Waals surface area (Å²) in [5.41, 5.74) is 0.0404. The van der Waals surface area contributed by atoms with Crippen LogP contribution in [0.25, 0.3) is 0 Å². The summed E-state index contributed by atoms with van der Waals surface area (Å²) in [6.45, 7) is 6.97. The second kappa shape index (κ2) is 9.21. The van der Waals surface area contributed by atoms with E-state index in [9.17, 15) is 14.4 Å². The average Bonchev–Trinajstić information content (AvgIpc) is 2.47. The van der Waals surface area contributed by atoms with Crippen LogP contribution >= 0.6 is 23.2 Å². The minimum absolute atomic E-state index is 0.0459. The maximum atomic E-state index is 12.1. The van der Waals surface area contributed by atoms with Crippen LogP contribution in [0.5, 0.6) is 0 Å². The van der Waals surface area contributed by atoms with Crippen molar-refractivity contribution in [1.82, 2.24) is 15.5 Å². The first kappa shape index (κ1) is 22.2. The topological polar surface area (TPSA) is 90.5 Å². The number of nitrogens with one attached hydrogen (secondary N) is 3. The van der Waals surface area contributed by atoms with Gasteiger partial charge in [0.2, 0.25) is 11.8 Å². The highest BCUT2D eigenvalue weighted by molar-refractivity contribution is 6.42. The van der Waals surface area contributed by atoms with E-state index in [1.165, 1.54) is 11.0 Å². The Morgan fingerprint density at radius 1 is 1.15 bits per heavy atom. The highest BCUT2D eigenvalue weighted by Crippen LogP contribution is 2.24. The lowest BCUT2D eigenvalue weighted by molar-refractivity contribution is -0.125. The minimum Gasteiger partial charge on any atom is -0.333 e. The Morgan fingerprint density at radius 3 is 2.31 bits per heavy atom. The van der Waals surface area contributed by atoms with Crippen molar-refractivity contribution in [1.29, 1.82) is 0 Å². The van der Waals surface area contributed by atoms with Gasteiger partial charge >= 0.3 is 6.03 Å². The maximum Gasteiger partial charge on any atom is 0.321 e. The molecular weight excluding hydrogens is 379 g/mol. The molecule has 1 rings (SSSR count). The molecule has 26 heavy (non-hydrogen) atoms. The SMILES string of the molecule is CC(C(=O)NC(=O)NC(C)(C)C)N(C)CC(=O)Nc1ccc(Cl)c(Cl)c1. The van der Waals surface area contributed by atoms with Gasteiger partial charge in [-0.3, -0.25) is 19.8 Å². The van der Waals surface area contributed by atoms with Crippen molar-refractivity contribution in [3.8, 4) is 0 Å². The zero-order valence-electron chi connectivity index (χ0n) is 15.4. The molecule has 0 saturated heterocycles. The van der Waals surface area contributed by atoms with Crippen LogP contribution in [0.4, 0.5) is 10.5 Å². The van der Waals surface area contributed by atoms with Crippen LogP contribution in [-0.2, 0) is 9.59 Å². The van der Waals surface area contributed by atoms with Crippen molar-refractivity contribution < 1.29 is 14.4 Å². The molecule has 0 aliphatic heterocycles. The molecular formula is C17H24Cl2N4O3. The Balaban J connectivity index is 2.55. The largest absolute Gasteiger partial charge is 0.333 e. The third-order valence-electron chi connectivity index (χ3n) is 3.36. The molecule has 0 fully saturated rings. The van der Waals surface area contributed by atoms with Gasteiger partial charge in [-0.05, 0) is 52.9 Å². The molecule has 0 aromatic heterocycles. The molecule has 1 atom stereocenters. The molecule has 3 N–H and O–H groups in total. The van der Waals surface area contributed by atoms with Crippen LogP contribution in [-0.4, -0.2) is 47.9 Å². The van der Waals surface area contributed by atoms with Crippen LogP contribution in [0.1, 0.15) is 27.7 Å². The highest BCUT2D eigenvalue weighted by atomic mass is 35.5. The number of likely N-dealkylation sites (N-methyl/N-ethyl adjacent to an activating group) is 1. The number of nitrogens with zero attached hydrogens (tertiary/aromatic N) is 1. The molecule has 0 aliphatic carbocycles. The molecule has 9 heteroatoms. The average molecular weight is 403 g/mol. The Bertz CT molecular complexity index is 689. The smallest absolute Gasteiger partial charge is 0.321 e. The van der Waals surface area contributed by atoms with Gasteiger partial charge in [-0.25, -0.2) is 4.79 Å². The third kappa shape index (κ3) is 7.59. The number of benzene rings is 1. The number of halogens is 2.